The molecule has 0 atom stereocenters. The number of carbonyl (C=O) groups is 1. The first-order valence-corrected chi connectivity index (χ1v) is 6.62. The quantitative estimate of drug-likeness (QED) is 0.767. The van der Waals surface area contributed by atoms with E-state index in [0.717, 1.165) is 25.9 Å². The Morgan fingerprint density at radius 1 is 1.39 bits per heavy atom. The summed E-state index contributed by atoms with van der Waals surface area (Å²) in [6.45, 7) is 7.80. The lowest BCUT2D eigenvalue weighted by Gasteiger charge is -2.29. The van der Waals surface area contributed by atoms with Crippen LogP contribution in [0.25, 0.3) is 0 Å². The minimum absolute atomic E-state index is 0.264. The molecule has 0 aliphatic carbocycles. The van der Waals surface area contributed by atoms with E-state index >= 15 is 0 Å². The molecule has 4 nitrogen and oxygen atoms in total. The molecule has 0 bridgehead atoms. The molecule has 0 N–H and O–H groups in total. The molecule has 0 aromatic carbocycles. The van der Waals surface area contributed by atoms with Crippen molar-refractivity contribution in [2.75, 3.05) is 13.1 Å². The van der Waals surface area contributed by atoms with Crippen LogP contribution in [0, 0.1) is 5.92 Å². The highest BCUT2D eigenvalue weighted by atomic mass is 16.6. The highest BCUT2D eigenvalue weighted by Crippen LogP contribution is 2.17. The van der Waals surface area contributed by atoms with E-state index in [4.69, 9.17) is 4.74 Å². The van der Waals surface area contributed by atoms with Crippen molar-refractivity contribution in [3.8, 4) is 5.75 Å². The molecule has 0 unspecified atom stereocenters. The average Bonchev–Trinajstić information content (AvgIpc) is 2.43. The molecule has 0 spiro atoms. The highest BCUT2D eigenvalue weighted by molar-refractivity contribution is 5.70. The summed E-state index contributed by atoms with van der Waals surface area (Å²) in [7, 11) is 0. The molecule has 4 heteroatoms. The van der Waals surface area contributed by atoms with Crippen LogP contribution < -0.4 is 4.74 Å². The van der Waals surface area contributed by atoms with Crippen LogP contribution in [0.3, 0.4) is 0 Å². The second-order valence-electron chi connectivity index (χ2n) is 4.23. The lowest BCUT2D eigenvalue weighted by atomic mass is 10.00. The van der Waals surface area contributed by atoms with Crippen molar-refractivity contribution in [1.82, 2.24) is 9.88 Å². The lowest BCUT2D eigenvalue weighted by molar-refractivity contribution is 0.133. The van der Waals surface area contributed by atoms with E-state index in [1.54, 1.807) is 29.4 Å². The number of ether oxygens (including phenoxy) is 1. The maximum absolute atomic E-state index is 11.8. The van der Waals surface area contributed by atoms with Gasteiger partial charge in [-0.05, 0) is 30.9 Å². The zero-order chi connectivity index (χ0) is 13.4. The molecular formula is C14H22N2O2. The molecule has 18 heavy (non-hydrogen) atoms. The van der Waals surface area contributed by atoms with Crippen LogP contribution in [0.1, 0.15) is 33.6 Å². The predicted octanol–water partition coefficient (Wildman–Crippen LogP) is 3.34. The van der Waals surface area contributed by atoms with E-state index in [1.165, 1.54) is 0 Å². The van der Waals surface area contributed by atoms with Crippen molar-refractivity contribution in [1.29, 1.82) is 0 Å². The van der Waals surface area contributed by atoms with Crippen molar-refractivity contribution in [2.24, 2.45) is 5.92 Å². The summed E-state index contributed by atoms with van der Waals surface area (Å²) in [4.78, 5) is 17.4. The predicted molar refractivity (Wildman–Crippen MR) is 71.6 cm³/mol. The Labute approximate surface area is 109 Å². The zero-order valence-corrected chi connectivity index (χ0v) is 11.4. The Balaban J connectivity index is 0.000000771. The Bertz CT molecular complexity index is 346. The van der Waals surface area contributed by atoms with Gasteiger partial charge in [0.05, 0.1) is 6.20 Å². The zero-order valence-electron chi connectivity index (χ0n) is 11.4. The van der Waals surface area contributed by atoms with Gasteiger partial charge in [-0.1, -0.05) is 20.8 Å². The second kappa shape index (κ2) is 7.69. The average molecular weight is 250 g/mol. The van der Waals surface area contributed by atoms with E-state index in [-0.39, 0.29) is 6.09 Å². The molecule has 1 aromatic heterocycles. The van der Waals surface area contributed by atoms with Gasteiger partial charge in [-0.25, -0.2) is 4.79 Å². The minimum Gasteiger partial charge on any atom is -0.409 e. The molecule has 2 heterocycles. The number of carbonyl (C=O) groups excluding carboxylic acids is 1. The number of piperidine rings is 1. The molecule has 0 saturated carbocycles. The van der Waals surface area contributed by atoms with Crippen molar-refractivity contribution in [3.63, 3.8) is 0 Å². The third-order valence-electron chi connectivity index (χ3n) is 2.88. The second-order valence-corrected chi connectivity index (χ2v) is 4.23. The summed E-state index contributed by atoms with van der Waals surface area (Å²) in [5.74, 6) is 1.22. The smallest absolute Gasteiger partial charge is 0.409 e. The summed E-state index contributed by atoms with van der Waals surface area (Å²) in [6.07, 6.45) is 5.05. The molecular weight excluding hydrogens is 228 g/mol. The summed E-state index contributed by atoms with van der Waals surface area (Å²) in [5.41, 5.74) is 0. The van der Waals surface area contributed by atoms with Crippen LogP contribution in [0.4, 0.5) is 4.79 Å². The van der Waals surface area contributed by atoms with Crippen molar-refractivity contribution in [2.45, 2.75) is 33.6 Å². The van der Waals surface area contributed by atoms with Gasteiger partial charge < -0.3 is 9.64 Å². The van der Waals surface area contributed by atoms with Gasteiger partial charge in [0.15, 0.2) is 5.75 Å². The van der Waals surface area contributed by atoms with Gasteiger partial charge in [0.1, 0.15) is 0 Å². The van der Waals surface area contributed by atoms with Crippen LogP contribution in [0.15, 0.2) is 24.5 Å². The van der Waals surface area contributed by atoms with Crippen LogP contribution in [-0.4, -0.2) is 29.1 Å². The molecule has 1 aliphatic heterocycles. The number of aromatic nitrogens is 1. The molecule has 100 valence electrons. The van der Waals surface area contributed by atoms with Gasteiger partial charge in [-0.2, -0.15) is 0 Å². The maximum atomic E-state index is 11.8. The number of hydrogen-bond acceptors (Lipinski definition) is 3. The SMILES string of the molecule is CC.CC1CCN(C(=O)Oc2cccnc2)CC1. The van der Waals surface area contributed by atoms with Gasteiger partial charge in [0.25, 0.3) is 0 Å². The fourth-order valence-electron chi connectivity index (χ4n) is 1.76. The van der Waals surface area contributed by atoms with Crippen molar-refractivity contribution >= 4 is 6.09 Å². The number of nitrogens with zero attached hydrogens (tertiary/aromatic N) is 2. The van der Waals surface area contributed by atoms with E-state index in [2.05, 4.69) is 11.9 Å². The molecule has 2 rings (SSSR count). The van der Waals surface area contributed by atoms with Gasteiger partial charge >= 0.3 is 6.09 Å². The number of pyridine rings is 1. The van der Waals surface area contributed by atoms with Crippen LogP contribution in [0.2, 0.25) is 0 Å². The van der Waals surface area contributed by atoms with Crippen molar-refractivity contribution < 1.29 is 9.53 Å². The maximum Gasteiger partial charge on any atom is 0.415 e. The number of hydrogen-bond donors (Lipinski definition) is 0. The third-order valence-corrected chi connectivity index (χ3v) is 2.88. The van der Waals surface area contributed by atoms with Crippen LogP contribution in [0.5, 0.6) is 5.75 Å². The van der Waals surface area contributed by atoms with E-state index in [1.807, 2.05) is 13.8 Å². The fraction of sp³-hybridized carbons (Fsp3) is 0.571. The largest absolute Gasteiger partial charge is 0.415 e. The topological polar surface area (TPSA) is 42.4 Å². The Kier molecular flexibility index (Phi) is 6.19. The van der Waals surface area contributed by atoms with Gasteiger partial charge in [0.2, 0.25) is 0 Å². The number of rotatable bonds is 1. The van der Waals surface area contributed by atoms with Crippen LogP contribution in [-0.2, 0) is 0 Å². The Morgan fingerprint density at radius 2 is 2.06 bits per heavy atom. The van der Waals surface area contributed by atoms with Gasteiger partial charge in [0, 0.05) is 19.3 Å². The minimum atomic E-state index is -0.264. The Hall–Kier alpha value is -1.58. The van der Waals surface area contributed by atoms with Crippen molar-refractivity contribution in [3.05, 3.63) is 24.5 Å². The van der Waals surface area contributed by atoms with E-state index in [0.29, 0.717) is 11.7 Å². The number of amides is 1. The fourth-order valence-corrected chi connectivity index (χ4v) is 1.76. The molecule has 1 aliphatic rings. The molecule has 0 radical (unpaired) electrons. The Morgan fingerprint density at radius 3 is 2.61 bits per heavy atom. The summed E-state index contributed by atoms with van der Waals surface area (Å²) >= 11 is 0. The normalized spacial score (nSPS) is 15.6. The molecule has 1 fully saturated rings. The third kappa shape index (κ3) is 4.35. The van der Waals surface area contributed by atoms with Crippen LogP contribution >= 0.6 is 0 Å². The number of likely N-dealkylation sites (tertiary alicyclic amines) is 1. The summed E-state index contributed by atoms with van der Waals surface area (Å²) in [6, 6.07) is 3.48. The molecule has 1 aromatic rings. The first-order valence-electron chi connectivity index (χ1n) is 6.62. The van der Waals surface area contributed by atoms with E-state index < -0.39 is 0 Å². The standard InChI is InChI=1S/C12H16N2O2.C2H6/c1-10-4-7-14(8-5-10)12(15)16-11-3-2-6-13-9-11;1-2/h2-3,6,9-10H,4-5,7-8H2,1H3;1-2H3. The first-order chi connectivity index (χ1) is 8.75. The van der Waals surface area contributed by atoms with Gasteiger partial charge in [-0.15, -0.1) is 0 Å². The molecule has 1 amide bonds. The van der Waals surface area contributed by atoms with Gasteiger partial charge in [-0.3, -0.25) is 4.98 Å². The van der Waals surface area contributed by atoms with E-state index in [9.17, 15) is 4.79 Å². The highest BCUT2D eigenvalue weighted by Gasteiger charge is 2.21. The summed E-state index contributed by atoms with van der Waals surface area (Å²) < 4.78 is 5.21. The first kappa shape index (κ1) is 14.5. The summed E-state index contributed by atoms with van der Waals surface area (Å²) in [5, 5.41) is 0. The lowest BCUT2D eigenvalue weighted by Crippen LogP contribution is -2.39. The monoisotopic (exact) mass is 250 g/mol. The molecule has 1 saturated heterocycles.